The van der Waals surface area contributed by atoms with Crippen molar-refractivity contribution in [3.8, 4) is 0 Å². The quantitative estimate of drug-likeness (QED) is 0.882. The maximum absolute atomic E-state index is 13.0. The van der Waals surface area contributed by atoms with Crippen LogP contribution in [0.3, 0.4) is 0 Å². The summed E-state index contributed by atoms with van der Waals surface area (Å²) in [5, 5.41) is 2.58. The van der Waals surface area contributed by atoms with Crippen LogP contribution >= 0.6 is 0 Å². The molecule has 0 aliphatic carbocycles. The SMILES string of the molecule is CCc1cnccc1C(=O)N[C@@H](C(N)=O)c1ccc(F)cc1. The number of carbonyl (C=O) groups is 2. The molecule has 2 rings (SSSR count). The zero-order valence-corrected chi connectivity index (χ0v) is 12.0. The number of pyridine rings is 1. The van der Waals surface area contributed by atoms with Crippen molar-refractivity contribution in [2.45, 2.75) is 19.4 Å². The first-order valence-electron chi connectivity index (χ1n) is 6.81. The molecule has 5 nitrogen and oxygen atoms in total. The molecule has 0 aliphatic rings. The minimum atomic E-state index is -1.02. The summed E-state index contributed by atoms with van der Waals surface area (Å²) in [6.07, 6.45) is 3.74. The Kier molecular flexibility index (Phi) is 4.83. The molecule has 0 radical (unpaired) electrons. The molecule has 1 heterocycles. The number of benzene rings is 1. The van der Waals surface area contributed by atoms with Crippen LogP contribution in [0.5, 0.6) is 0 Å². The minimum Gasteiger partial charge on any atom is -0.368 e. The normalized spacial score (nSPS) is 11.7. The molecule has 3 N–H and O–H groups in total. The number of primary amides is 1. The van der Waals surface area contributed by atoms with Gasteiger partial charge in [0.15, 0.2) is 0 Å². The van der Waals surface area contributed by atoms with Crippen LogP contribution in [-0.4, -0.2) is 16.8 Å². The highest BCUT2D eigenvalue weighted by molar-refractivity contribution is 5.98. The highest BCUT2D eigenvalue weighted by Gasteiger charge is 2.22. The third kappa shape index (κ3) is 3.46. The van der Waals surface area contributed by atoms with Crippen LogP contribution in [0.25, 0.3) is 0 Å². The number of amides is 2. The van der Waals surface area contributed by atoms with Crippen molar-refractivity contribution < 1.29 is 14.0 Å². The van der Waals surface area contributed by atoms with Crippen molar-refractivity contribution in [3.05, 3.63) is 65.2 Å². The Morgan fingerprint density at radius 1 is 1.27 bits per heavy atom. The second-order valence-electron chi connectivity index (χ2n) is 4.75. The lowest BCUT2D eigenvalue weighted by Gasteiger charge is -2.17. The van der Waals surface area contributed by atoms with Crippen molar-refractivity contribution in [2.75, 3.05) is 0 Å². The van der Waals surface area contributed by atoms with Crippen molar-refractivity contribution >= 4 is 11.8 Å². The van der Waals surface area contributed by atoms with Gasteiger partial charge >= 0.3 is 0 Å². The number of nitrogens with zero attached hydrogens (tertiary/aromatic N) is 1. The molecule has 2 amide bonds. The zero-order chi connectivity index (χ0) is 16.1. The molecule has 0 unspecified atom stereocenters. The van der Waals surface area contributed by atoms with Crippen LogP contribution in [0.2, 0.25) is 0 Å². The molecule has 6 heteroatoms. The van der Waals surface area contributed by atoms with Crippen molar-refractivity contribution in [1.82, 2.24) is 10.3 Å². The Bertz CT molecular complexity index is 686. The third-order valence-electron chi connectivity index (χ3n) is 3.29. The standard InChI is InChI=1S/C16H16FN3O2/c1-2-10-9-19-8-7-13(10)16(22)20-14(15(18)21)11-3-5-12(17)6-4-11/h3-9,14H,2H2,1H3,(H2,18,21)(H,20,22)/t14-/m1/s1. The molecule has 22 heavy (non-hydrogen) atoms. The Hall–Kier alpha value is -2.76. The Balaban J connectivity index is 2.26. The van der Waals surface area contributed by atoms with Crippen LogP contribution in [0, 0.1) is 5.82 Å². The van der Waals surface area contributed by atoms with Gasteiger partial charge in [-0.15, -0.1) is 0 Å². The highest BCUT2D eigenvalue weighted by atomic mass is 19.1. The third-order valence-corrected chi connectivity index (χ3v) is 3.29. The number of nitrogens with two attached hydrogens (primary N) is 1. The Morgan fingerprint density at radius 3 is 2.55 bits per heavy atom. The fourth-order valence-electron chi connectivity index (χ4n) is 2.11. The van der Waals surface area contributed by atoms with Crippen LogP contribution in [-0.2, 0) is 11.2 Å². The van der Waals surface area contributed by atoms with Crippen LogP contribution < -0.4 is 11.1 Å². The van der Waals surface area contributed by atoms with E-state index in [-0.39, 0.29) is 0 Å². The van der Waals surface area contributed by atoms with Crippen molar-refractivity contribution in [1.29, 1.82) is 0 Å². The monoisotopic (exact) mass is 301 g/mol. The van der Waals surface area contributed by atoms with E-state index in [2.05, 4.69) is 10.3 Å². The summed E-state index contributed by atoms with van der Waals surface area (Å²) in [6.45, 7) is 1.90. The molecule has 0 saturated heterocycles. The van der Waals surface area contributed by atoms with E-state index in [0.29, 0.717) is 17.5 Å². The average Bonchev–Trinajstić information content (AvgIpc) is 2.53. The van der Waals surface area contributed by atoms with Gasteiger partial charge in [0.2, 0.25) is 5.91 Å². The predicted octanol–water partition coefficient (Wildman–Crippen LogP) is 1.74. The van der Waals surface area contributed by atoms with Gasteiger partial charge in [0.1, 0.15) is 11.9 Å². The molecule has 1 aromatic carbocycles. The lowest BCUT2D eigenvalue weighted by atomic mass is 10.0. The minimum absolute atomic E-state index is 0.424. The number of rotatable bonds is 5. The highest BCUT2D eigenvalue weighted by Crippen LogP contribution is 2.15. The molecule has 0 aliphatic heterocycles. The molecular weight excluding hydrogens is 285 g/mol. The van der Waals surface area contributed by atoms with E-state index in [1.165, 1.54) is 30.5 Å². The number of aromatic nitrogens is 1. The summed E-state index contributed by atoms with van der Waals surface area (Å²) in [6, 6.07) is 5.81. The predicted molar refractivity (Wildman–Crippen MR) is 79.4 cm³/mol. The Labute approximate surface area is 127 Å². The first kappa shape index (κ1) is 15.6. The van der Waals surface area contributed by atoms with E-state index in [4.69, 9.17) is 5.73 Å². The molecule has 1 aromatic heterocycles. The van der Waals surface area contributed by atoms with Crippen LogP contribution in [0.4, 0.5) is 4.39 Å². The summed E-state index contributed by atoms with van der Waals surface area (Å²) in [4.78, 5) is 27.9. The summed E-state index contributed by atoms with van der Waals surface area (Å²) < 4.78 is 13.0. The second-order valence-corrected chi connectivity index (χ2v) is 4.75. The van der Waals surface area contributed by atoms with Gasteiger partial charge in [-0.3, -0.25) is 14.6 Å². The average molecular weight is 301 g/mol. The van der Waals surface area contributed by atoms with E-state index in [9.17, 15) is 14.0 Å². The van der Waals surface area contributed by atoms with E-state index >= 15 is 0 Å². The summed E-state index contributed by atoms with van der Waals surface area (Å²) >= 11 is 0. The van der Waals surface area contributed by atoms with Gasteiger partial charge in [0.05, 0.1) is 0 Å². The van der Waals surface area contributed by atoms with Gasteiger partial charge in [-0.25, -0.2) is 4.39 Å². The molecule has 0 fully saturated rings. The summed E-state index contributed by atoms with van der Waals surface area (Å²) in [5.41, 5.74) is 6.97. The summed E-state index contributed by atoms with van der Waals surface area (Å²) in [5.74, 6) is -1.57. The lowest BCUT2D eigenvalue weighted by molar-refractivity contribution is -0.120. The topological polar surface area (TPSA) is 85.1 Å². The Morgan fingerprint density at radius 2 is 1.95 bits per heavy atom. The first-order valence-corrected chi connectivity index (χ1v) is 6.81. The number of nitrogens with one attached hydrogen (secondary N) is 1. The van der Waals surface area contributed by atoms with Gasteiger partial charge in [-0.1, -0.05) is 19.1 Å². The second kappa shape index (κ2) is 6.80. The van der Waals surface area contributed by atoms with E-state index in [1.54, 1.807) is 12.3 Å². The van der Waals surface area contributed by atoms with Gasteiger partial charge in [-0.05, 0) is 35.7 Å². The number of hydrogen-bond donors (Lipinski definition) is 2. The molecule has 1 atom stereocenters. The summed E-state index contributed by atoms with van der Waals surface area (Å²) in [7, 11) is 0. The van der Waals surface area contributed by atoms with Crippen LogP contribution in [0.1, 0.15) is 34.5 Å². The van der Waals surface area contributed by atoms with Gasteiger partial charge < -0.3 is 11.1 Å². The van der Waals surface area contributed by atoms with Gasteiger partial charge in [0.25, 0.3) is 5.91 Å². The fraction of sp³-hybridized carbons (Fsp3) is 0.188. The molecule has 2 aromatic rings. The van der Waals surface area contributed by atoms with Gasteiger partial charge in [0, 0.05) is 18.0 Å². The number of carbonyl (C=O) groups excluding carboxylic acids is 2. The maximum Gasteiger partial charge on any atom is 0.252 e. The zero-order valence-electron chi connectivity index (χ0n) is 12.0. The molecule has 0 spiro atoms. The smallest absolute Gasteiger partial charge is 0.252 e. The van der Waals surface area contributed by atoms with E-state index < -0.39 is 23.7 Å². The number of halogens is 1. The van der Waals surface area contributed by atoms with E-state index in [0.717, 1.165) is 5.56 Å². The molecule has 0 saturated carbocycles. The first-order chi connectivity index (χ1) is 10.5. The number of hydrogen-bond acceptors (Lipinski definition) is 3. The van der Waals surface area contributed by atoms with Crippen LogP contribution in [0.15, 0.2) is 42.7 Å². The number of aryl methyl sites for hydroxylation is 1. The maximum atomic E-state index is 13.0. The van der Waals surface area contributed by atoms with Crippen molar-refractivity contribution in [3.63, 3.8) is 0 Å². The van der Waals surface area contributed by atoms with E-state index in [1.807, 2.05) is 6.92 Å². The fourth-order valence-corrected chi connectivity index (χ4v) is 2.11. The largest absolute Gasteiger partial charge is 0.368 e. The lowest BCUT2D eigenvalue weighted by Crippen LogP contribution is -2.37. The molecule has 114 valence electrons. The molecule has 0 bridgehead atoms. The van der Waals surface area contributed by atoms with Crippen molar-refractivity contribution in [2.24, 2.45) is 5.73 Å². The van der Waals surface area contributed by atoms with Gasteiger partial charge in [-0.2, -0.15) is 0 Å². The molecular formula is C16H16FN3O2.